The summed E-state index contributed by atoms with van der Waals surface area (Å²) in [4.78, 5) is 13.6. The van der Waals surface area contributed by atoms with E-state index in [1.165, 1.54) is 35.2 Å². The average Bonchev–Trinajstić information content (AvgIpc) is 2.53. The summed E-state index contributed by atoms with van der Waals surface area (Å²) in [7, 11) is -3.72. The zero-order valence-electron chi connectivity index (χ0n) is 11.8. The number of halogens is 1. The number of rotatable bonds is 3. The molecule has 2 aromatic rings. The number of carbonyl (C=O) groups is 1. The number of sulfonamides is 1. The van der Waals surface area contributed by atoms with Gasteiger partial charge < -0.3 is 10.2 Å². The molecule has 118 valence electrons. The van der Waals surface area contributed by atoms with Gasteiger partial charge in [-0.1, -0.05) is 12.1 Å². The normalized spacial score (nSPS) is 15.1. The van der Waals surface area contributed by atoms with E-state index in [0.29, 0.717) is 11.4 Å². The molecule has 6 nitrogen and oxygen atoms in total. The second-order valence-electron chi connectivity index (χ2n) is 4.85. The lowest BCUT2D eigenvalue weighted by Gasteiger charge is -2.24. The second kappa shape index (κ2) is 5.81. The highest BCUT2D eigenvalue weighted by Crippen LogP contribution is 2.28. The molecule has 0 spiro atoms. The number of nitrogens with zero attached hydrogens (tertiary/aromatic N) is 2. The number of benzene rings is 2. The smallest absolute Gasteiger partial charge is 0.285 e. The fourth-order valence-corrected chi connectivity index (χ4v) is 3.22. The van der Waals surface area contributed by atoms with Crippen LogP contribution in [-0.2, 0) is 14.8 Å². The molecule has 8 heteroatoms. The number of amides is 1. The Morgan fingerprint density at radius 1 is 1.13 bits per heavy atom. The van der Waals surface area contributed by atoms with Gasteiger partial charge in [0, 0.05) is 5.69 Å². The first-order chi connectivity index (χ1) is 11.0. The molecule has 0 aromatic heterocycles. The minimum Gasteiger partial charge on any atom is -0.325 e. The Labute approximate surface area is 132 Å². The number of para-hydroxylation sites is 1. The van der Waals surface area contributed by atoms with Crippen LogP contribution in [0.15, 0.2) is 57.8 Å². The molecular weight excluding hydrogens is 321 g/mol. The van der Waals surface area contributed by atoms with Gasteiger partial charge in [-0.25, -0.2) is 4.39 Å². The molecule has 3 rings (SSSR count). The van der Waals surface area contributed by atoms with Crippen molar-refractivity contribution < 1.29 is 17.6 Å². The molecule has 0 bridgehead atoms. The van der Waals surface area contributed by atoms with Gasteiger partial charge in [0.05, 0.1) is 5.69 Å². The quantitative estimate of drug-likeness (QED) is 0.932. The fourth-order valence-electron chi connectivity index (χ4n) is 2.16. The van der Waals surface area contributed by atoms with Crippen LogP contribution in [-0.4, -0.2) is 27.2 Å². The third kappa shape index (κ3) is 3.21. The lowest BCUT2D eigenvalue weighted by Crippen LogP contribution is -2.35. The monoisotopic (exact) mass is 333 g/mol. The number of hydrogen-bond acceptors (Lipinski definition) is 4. The minimum absolute atomic E-state index is 0.0529. The van der Waals surface area contributed by atoms with Crippen molar-refractivity contribution in [3.8, 4) is 0 Å². The molecule has 23 heavy (non-hydrogen) atoms. The summed E-state index contributed by atoms with van der Waals surface area (Å²) in [5.74, 6) is -0.776. The first kappa shape index (κ1) is 15.2. The van der Waals surface area contributed by atoms with E-state index in [-0.39, 0.29) is 17.3 Å². The zero-order chi connectivity index (χ0) is 16.4. The summed E-state index contributed by atoms with van der Waals surface area (Å²) in [6, 6.07) is 11.7. The van der Waals surface area contributed by atoms with Gasteiger partial charge in [-0.2, -0.15) is 8.42 Å². The van der Waals surface area contributed by atoms with Gasteiger partial charge in [0.1, 0.15) is 23.6 Å². The van der Waals surface area contributed by atoms with Crippen molar-refractivity contribution in [2.24, 2.45) is 4.40 Å². The van der Waals surface area contributed by atoms with E-state index in [9.17, 15) is 17.6 Å². The predicted molar refractivity (Wildman–Crippen MR) is 84.5 cm³/mol. The molecule has 0 radical (unpaired) electrons. The molecule has 1 aliphatic heterocycles. The van der Waals surface area contributed by atoms with Crippen molar-refractivity contribution in [2.45, 2.75) is 4.90 Å². The van der Waals surface area contributed by atoms with Crippen molar-refractivity contribution in [3.05, 3.63) is 54.3 Å². The Balaban J connectivity index is 1.78. The first-order valence-electron chi connectivity index (χ1n) is 6.67. The fraction of sp³-hybridized carbons (Fsp3) is 0.0667. The van der Waals surface area contributed by atoms with Gasteiger partial charge in [-0.05, 0) is 36.4 Å². The molecule has 1 N–H and O–H groups in total. The van der Waals surface area contributed by atoms with Gasteiger partial charge in [-0.15, -0.1) is 4.40 Å². The van der Waals surface area contributed by atoms with Gasteiger partial charge in [-0.3, -0.25) is 4.79 Å². The number of carbonyl (C=O) groups excluding carboxylic acids is 1. The van der Waals surface area contributed by atoms with Crippen LogP contribution in [0.4, 0.5) is 15.8 Å². The zero-order valence-corrected chi connectivity index (χ0v) is 12.6. The molecule has 1 heterocycles. The SMILES string of the molecule is O=C(CN1C=NS(=O)(=O)c2ccccc21)Nc1ccc(F)cc1. The van der Waals surface area contributed by atoms with Gasteiger partial charge in [0.15, 0.2) is 0 Å². The number of anilines is 2. The number of fused-ring (bicyclic) bond motifs is 1. The standard InChI is InChI=1S/C15H12FN3O3S/c16-11-5-7-12(8-6-11)18-15(20)9-19-10-17-23(21,22)14-4-2-1-3-13(14)19/h1-8,10H,9H2,(H,18,20). The van der Waals surface area contributed by atoms with E-state index >= 15 is 0 Å². The number of nitrogens with one attached hydrogen (secondary N) is 1. The van der Waals surface area contributed by atoms with Crippen LogP contribution in [0.2, 0.25) is 0 Å². The van der Waals surface area contributed by atoms with Crippen molar-refractivity contribution in [1.82, 2.24) is 0 Å². The van der Waals surface area contributed by atoms with Crippen molar-refractivity contribution in [1.29, 1.82) is 0 Å². The van der Waals surface area contributed by atoms with Crippen molar-refractivity contribution >= 4 is 33.6 Å². The van der Waals surface area contributed by atoms with Gasteiger partial charge >= 0.3 is 0 Å². The molecule has 0 saturated carbocycles. The Bertz CT molecular complexity index is 879. The van der Waals surface area contributed by atoms with E-state index in [2.05, 4.69) is 9.71 Å². The van der Waals surface area contributed by atoms with Crippen molar-refractivity contribution in [2.75, 3.05) is 16.8 Å². The Morgan fingerprint density at radius 3 is 2.57 bits per heavy atom. The van der Waals surface area contributed by atoms with Crippen LogP contribution >= 0.6 is 0 Å². The van der Waals surface area contributed by atoms with E-state index in [1.54, 1.807) is 18.2 Å². The summed E-state index contributed by atoms with van der Waals surface area (Å²) >= 11 is 0. The summed E-state index contributed by atoms with van der Waals surface area (Å²) in [6.45, 7) is -0.118. The van der Waals surface area contributed by atoms with Crippen LogP contribution < -0.4 is 10.2 Å². The van der Waals surface area contributed by atoms with E-state index in [0.717, 1.165) is 6.34 Å². The Hall–Kier alpha value is -2.74. The maximum atomic E-state index is 12.8. The van der Waals surface area contributed by atoms with Gasteiger partial charge in [0.2, 0.25) is 5.91 Å². The maximum absolute atomic E-state index is 12.8. The highest BCUT2D eigenvalue weighted by Gasteiger charge is 2.25. The third-order valence-electron chi connectivity index (χ3n) is 3.22. The van der Waals surface area contributed by atoms with Crippen LogP contribution in [0.1, 0.15) is 0 Å². The molecule has 0 aliphatic carbocycles. The second-order valence-corrected chi connectivity index (χ2v) is 6.45. The van der Waals surface area contributed by atoms with Crippen LogP contribution in [0.25, 0.3) is 0 Å². The van der Waals surface area contributed by atoms with Gasteiger partial charge in [0.25, 0.3) is 10.0 Å². The Kier molecular flexibility index (Phi) is 3.83. The highest BCUT2D eigenvalue weighted by atomic mass is 32.2. The van der Waals surface area contributed by atoms with Crippen LogP contribution in [0, 0.1) is 5.82 Å². The average molecular weight is 333 g/mol. The molecular formula is C15H12FN3O3S. The van der Waals surface area contributed by atoms with E-state index < -0.39 is 15.8 Å². The largest absolute Gasteiger partial charge is 0.325 e. The van der Waals surface area contributed by atoms with Crippen LogP contribution in [0.3, 0.4) is 0 Å². The topological polar surface area (TPSA) is 78.8 Å². The minimum atomic E-state index is -3.72. The Morgan fingerprint density at radius 2 is 1.83 bits per heavy atom. The summed E-state index contributed by atoms with van der Waals surface area (Å²) in [5, 5.41) is 2.61. The van der Waals surface area contributed by atoms with E-state index in [4.69, 9.17) is 0 Å². The molecule has 0 fully saturated rings. The molecule has 2 aromatic carbocycles. The molecule has 0 saturated heterocycles. The summed E-state index contributed by atoms with van der Waals surface area (Å²) < 4.78 is 40.1. The van der Waals surface area contributed by atoms with E-state index in [1.807, 2.05) is 0 Å². The number of hydrogen-bond donors (Lipinski definition) is 1. The first-order valence-corrected chi connectivity index (χ1v) is 8.11. The molecule has 0 unspecified atom stereocenters. The third-order valence-corrected chi connectivity index (χ3v) is 4.49. The molecule has 0 atom stereocenters. The highest BCUT2D eigenvalue weighted by molar-refractivity contribution is 7.90. The lowest BCUT2D eigenvalue weighted by molar-refractivity contribution is -0.114. The van der Waals surface area contributed by atoms with Crippen LogP contribution in [0.5, 0.6) is 0 Å². The summed E-state index contributed by atoms with van der Waals surface area (Å²) in [5.41, 5.74) is 0.836. The van der Waals surface area contributed by atoms with Crippen molar-refractivity contribution in [3.63, 3.8) is 0 Å². The predicted octanol–water partition coefficient (Wildman–Crippen LogP) is 2.00. The molecule has 1 amide bonds. The summed E-state index contributed by atoms with van der Waals surface area (Å²) in [6.07, 6.45) is 1.11. The maximum Gasteiger partial charge on any atom is 0.285 e. The molecule has 1 aliphatic rings. The lowest BCUT2D eigenvalue weighted by atomic mass is 10.3.